The van der Waals surface area contributed by atoms with Gasteiger partial charge in [-0.15, -0.1) is 0 Å². The molecule has 0 aliphatic carbocycles. The summed E-state index contributed by atoms with van der Waals surface area (Å²) in [6.45, 7) is 9.55. The molecule has 2 heteroatoms. The molecule has 2 rings (SSSR count). The topological polar surface area (TPSA) is 29.1 Å². The third-order valence-corrected chi connectivity index (χ3v) is 3.24. The van der Waals surface area contributed by atoms with Gasteiger partial charge in [-0.3, -0.25) is 4.79 Å². The van der Waals surface area contributed by atoms with Crippen LogP contribution < -0.4 is 5.32 Å². The van der Waals surface area contributed by atoms with Crippen LogP contribution in [-0.2, 0) is 4.79 Å². The zero-order valence-corrected chi connectivity index (χ0v) is 11.0. The second-order valence-electron chi connectivity index (χ2n) is 4.64. The number of hydrogen-bond donors (Lipinski definition) is 1. The number of amides is 1. The summed E-state index contributed by atoms with van der Waals surface area (Å²) in [6, 6.07) is 10.1. The van der Waals surface area contributed by atoms with E-state index in [-0.39, 0.29) is 5.91 Å². The Labute approximate surface area is 107 Å². The van der Waals surface area contributed by atoms with Crippen molar-refractivity contribution in [3.05, 3.63) is 53.6 Å². The van der Waals surface area contributed by atoms with Gasteiger partial charge >= 0.3 is 0 Å². The second kappa shape index (κ2) is 4.65. The molecule has 0 aromatic heterocycles. The quantitative estimate of drug-likeness (QED) is 0.789. The van der Waals surface area contributed by atoms with Crippen LogP contribution in [0.4, 0.5) is 5.69 Å². The Kier molecular flexibility index (Phi) is 3.19. The predicted molar refractivity (Wildman–Crippen MR) is 76.9 cm³/mol. The van der Waals surface area contributed by atoms with Crippen LogP contribution >= 0.6 is 0 Å². The van der Waals surface area contributed by atoms with Crippen LogP contribution in [0.15, 0.2) is 42.5 Å². The van der Waals surface area contributed by atoms with E-state index in [1.807, 2.05) is 18.2 Å². The first kappa shape index (κ1) is 12.4. The summed E-state index contributed by atoms with van der Waals surface area (Å²) in [7, 11) is 0. The maximum Gasteiger partial charge on any atom is 0.250 e. The van der Waals surface area contributed by atoms with Crippen LogP contribution in [0.5, 0.6) is 0 Å². The van der Waals surface area contributed by atoms with Crippen LogP contribution in [-0.4, -0.2) is 5.91 Å². The van der Waals surface area contributed by atoms with Crippen molar-refractivity contribution in [3.8, 4) is 0 Å². The normalized spacial score (nSPS) is 10.4. The Balaban J connectivity index is 2.56. The van der Waals surface area contributed by atoms with Gasteiger partial charge in [0.25, 0.3) is 5.91 Å². The van der Waals surface area contributed by atoms with Crippen molar-refractivity contribution in [2.45, 2.75) is 20.8 Å². The van der Waals surface area contributed by atoms with Crippen molar-refractivity contribution < 1.29 is 4.79 Å². The van der Waals surface area contributed by atoms with E-state index in [0.29, 0.717) is 5.57 Å². The Morgan fingerprint density at radius 3 is 2.50 bits per heavy atom. The molecule has 18 heavy (non-hydrogen) atoms. The monoisotopic (exact) mass is 239 g/mol. The lowest BCUT2D eigenvalue weighted by atomic mass is 10.00. The van der Waals surface area contributed by atoms with Crippen molar-refractivity contribution in [1.29, 1.82) is 0 Å². The molecule has 2 aromatic rings. The van der Waals surface area contributed by atoms with Crippen LogP contribution in [0.3, 0.4) is 0 Å². The van der Waals surface area contributed by atoms with Crippen molar-refractivity contribution >= 4 is 22.4 Å². The molecule has 0 radical (unpaired) electrons. The van der Waals surface area contributed by atoms with E-state index < -0.39 is 0 Å². The summed E-state index contributed by atoms with van der Waals surface area (Å²) in [5.74, 6) is -0.138. The van der Waals surface area contributed by atoms with Crippen molar-refractivity contribution in [1.82, 2.24) is 0 Å². The third-order valence-electron chi connectivity index (χ3n) is 3.24. The minimum Gasteiger partial charge on any atom is -0.322 e. The van der Waals surface area contributed by atoms with E-state index in [9.17, 15) is 4.79 Å². The number of nitrogens with one attached hydrogen (secondary N) is 1. The molecular weight excluding hydrogens is 222 g/mol. The zero-order valence-electron chi connectivity index (χ0n) is 11.0. The van der Waals surface area contributed by atoms with Gasteiger partial charge in [0.2, 0.25) is 0 Å². The molecule has 0 aliphatic rings. The number of benzene rings is 2. The predicted octanol–water partition coefficient (Wildman–Crippen LogP) is 3.97. The highest BCUT2D eigenvalue weighted by atomic mass is 16.1. The van der Waals surface area contributed by atoms with E-state index in [4.69, 9.17) is 0 Å². The molecule has 0 spiro atoms. The van der Waals surface area contributed by atoms with Gasteiger partial charge in [-0.05, 0) is 43.4 Å². The van der Waals surface area contributed by atoms with Crippen LogP contribution in [0.2, 0.25) is 0 Å². The van der Waals surface area contributed by atoms with Gasteiger partial charge in [-0.2, -0.15) is 0 Å². The van der Waals surface area contributed by atoms with E-state index in [1.165, 1.54) is 16.5 Å². The Hall–Kier alpha value is -2.09. The summed E-state index contributed by atoms with van der Waals surface area (Å²) in [5, 5.41) is 5.13. The fourth-order valence-electron chi connectivity index (χ4n) is 1.96. The van der Waals surface area contributed by atoms with Crippen LogP contribution in [0.25, 0.3) is 10.8 Å². The molecule has 1 amide bonds. The van der Waals surface area contributed by atoms with E-state index >= 15 is 0 Å². The molecule has 2 nitrogen and oxygen atoms in total. The molecule has 0 saturated heterocycles. The highest BCUT2D eigenvalue weighted by Gasteiger charge is 2.07. The fraction of sp³-hybridized carbons (Fsp3) is 0.188. The smallest absolute Gasteiger partial charge is 0.250 e. The maximum atomic E-state index is 11.7. The van der Waals surface area contributed by atoms with Crippen LogP contribution in [0, 0.1) is 13.8 Å². The van der Waals surface area contributed by atoms with Crippen molar-refractivity contribution in [2.75, 3.05) is 5.32 Å². The maximum absolute atomic E-state index is 11.7. The number of hydrogen-bond acceptors (Lipinski definition) is 1. The van der Waals surface area contributed by atoms with Gasteiger partial charge in [-0.1, -0.05) is 30.8 Å². The standard InChI is InChI=1S/C16H17NO/c1-10(2)16(18)17-15-7-5-6-13-12(4)11(3)8-9-14(13)15/h5-9H,1H2,2-4H3,(H,17,18). The zero-order chi connectivity index (χ0) is 13.3. The number of rotatable bonds is 2. The Bertz CT molecular complexity index is 641. The van der Waals surface area contributed by atoms with Crippen molar-refractivity contribution in [3.63, 3.8) is 0 Å². The lowest BCUT2D eigenvalue weighted by molar-refractivity contribution is -0.112. The Morgan fingerprint density at radius 1 is 1.11 bits per heavy atom. The van der Waals surface area contributed by atoms with Gasteiger partial charge in [-0.25, -0.2) is 0 Å². The number of carbonyl (C=O) groups is 1. The van der Waals surface area contributed by atoms with Crippen molar-refractivity contribution in [2.24, 2.45) is 0 Å². The van der Waals surface area contributed by atoms with Gasteiger partial charge in [0, 0.05) is 16.6 Å². The highest BCUT2D eigenvalue weighted by molar-refractivity contribution is 6.08. The highest BCUT2D eigenvalue weighted by Crippen LogP contribution is 2.27. The largest absolute Gasteiger partial charge is 0.322 e. The molecule has 1 N–H and O–H groups in total. The first-order chi connectivity index (χ1) is 8.50. The van der Waals surface area contributed by atoms with E-state index in [0.717, 1.165) is 11.1 Å². The average molecular weight is 239 g/mol. The first-order valence-corrected chi connectivity index (χ1v) is 5.96. The number of fused-ring (bicyclic) bond motifs is 1. The molecule has 0 aliphatic heterocycles. The molecule has 0 fully saturated rings. The molecule has 0 atom stereocenters. The molecule has 0 saturated carbocycles. The third kappa shape index (κ3) is 2.14. The SMILES string of the molecule is C=C(C)C(=O)Nc1cccc2c(C)c(C)ccc12. The summed E-state index contributed by atoms with van der Waals surface area (Å²) in [5.41, 5.74) is 3.85. The summed E-state index contributed by atoms with van der Waals surface area (Å²) < 4.78 is 0. The van der Waals surface area contributed by atoms with Gasteiger partial charge < -0.3 is 5.32 Å². The van der Waals surface area contributed by atoms with Gasteiger partial charge in [0.1, 0.15) is 0 Å². The number of aryl methyl sites for hydroxylation is 2. The molecule has 0 unspecified atom stereocenters. The second-order valence-corrected chi connectivity index (χ2v) is 4.64. The minimum atomic E-state index is -0.138. The fourth-order valence-corrected chi connectivity index (χ4v) is 1.96. The molecule has 2 aromatic carbocycles. The first-order valence-electron chi connectivity index (χ1n) is 5.96. The lowest BCUT2D eigenvalue weighted by Gasteiger charge is -2.11. The molecule has 0 bridgehead atoms. The lowest BCUT2D eigenvalue weighted by Crippen LogP contribution is -2.12. The van der Waals surface area contributed by atoms with E-state index in [2.05, 4.69) is 37.9 Å². The van der Waals surface area contributed by atoms with Gasteiger partial charge in [0.15, 0.2) is 0 Å². The minimum absolute atomic E-state index is 0.138. The summed E-state index contributed by atoms with van der Waals surface area (Å²) in [6.07, 6.45) is 0. The Morgan fingerprint density at radius 2 is 1.83 bits per heavy atom. The molecular formula is C16H17NO. The van der Waals surface area contributed by atoms with E-state index in [1.54, 1.807) is 6.92 Å². The number of anilines is 1. The number of carbonyl (C=O) groups excluding carboxylic acids is 1. The molecule has 0 heterocycles. The average Bonchev–Trinajstić information content (AvgIpc) is 2.34. The van der Waals surface area contributed by atoms with Gasteiger partial charge in [0.05, 0.1) is 0 Å². The summed E-state index contributed by atoms with van der Waals surface area (Å²) >= 11 is 0. The summed E-state index contributed by atoms with van der Waals surface area (Å²) in [4.78, 5) is 11.7. The molecule has 92 valence electrons. The van der Waals surface area contributed by atoms with Crippen LogP contribution in [0.1, 0.15) is 18.1 Å².